The SMILES string of the molecule is CCOCCN(C)C(CN)c1ccc(C)c(F)c1. The van der Waals surface area contributed by atoms with Crippen molar-refractivity contribution in [1.29, 1.82) is 0 Å². The van der Waals surface area contributed by atoms with Gasteiger partial charge in [0, 0.05) is 25.7 Å². The van der Waals surface area contributed by atoms with Crippen LogP contribution in [0, 0.1) is 12.7 Å². The average molecular weight is 254 g/mol. The first-order chi connectivity index (χ1) is 8.60. The molecular weight excluding hydrogens is 231 g/mol. The number of hydrogen-bond donors (Lipinski definition) is 1. The summed E-state index contributed by atoms with van der Waals surface area (Å²) in [5, 5.41) is 0. The number of hydrogen-bond acceptors (Lipinski definition) is 3. The quantitative estimate of drug-likeness (QED) is 0.757. The van der Waals surface area contributed by atoms with Crippen molar-refractivity contribution < 1.29 is 9.13 Å². The highest BCUT2D eigenvalue weighted by Gasteiger charge is 2.16. The maximum absolute atomic E-state index is 13.6. The molecule has 0 radical (unpaired) electrons. The Morgan fingerprint density at radius 3 is 2.72 bits per heavy atom. The molecule has 1 aromatic rings. The third kappa shape index (κ3) is 4.05. The Labute approximate surface area is 109 Å². The summed E-state index contributed by atoms with van der Waals surface area (Å²) in [5.74, 6) is -0.177. The first-order valence-corrected chi connectivity index (χ1v) is 6.34. The van der Waals surface area contributed by atoms with Gasteiger partial charge in [-0.1, -0.05) is 12.1 Å². The van der Waals surface area contributed by atoms with E-state index in [4.69, 9.17) is 10.5 Å². The van der Waals surface area contributed by atoms with Crippen molar-refractivity contribution in [2.75, 3.05) is 33.4 Å². The van der Waals surface area contributed by atoms with Crippen molar-refractivity contribution in [3.05, 3.63) is 35.1 Å². The van der Waals surface area contributed by atoms with Gasteiger partial charge in [-0.25, -0.2) is 4.39 Å². The van der Waals surface area contributed by atoms with Crippen molar-refractivity contribution in [3.8, 4) is 0 Å². The number of benzene rings is 1. The minimum absolute atomic E-state index is 0.0283. The van der Waals surface area contributed by atoms with Crippen molar-refractivity contribution in [2.45, 2.75) is 19.9 Å². The maximum Gasteiger partial charge on any atom is 0.126 e. The Hall–Kier alpha value is -0.970. The molecule has 0 heterocycles. The van der Waals surface area contributed by atoms with Crippen molar-refractivity contribution >= 4 is 0 Å². The fourth-order valence-electron chi connectivity index (χ4n) is 1.90. The summed E-state index contributed by atoms with van der Waals surface area (Å²) in [6.07, 6.45) is 0. The molecule has 1 rings (SSSR count). The van der Waals surface area contributed by atoms with E-state index in [1.54, 1.807) is 19.1 Å². The number of likely N-dealkylation sites (N-methyl/N-ethyl adjacent to an activating group) is 1. The summed E-state index contributed by atoms with van der Waals surface area (Å²) in [7, 11) is 1.98. The van der Waals surface area contributed by atoms with Gasteiger partial charge in [0.1, 0.15) is 5.82 Å². The Bertz CT molecular complexity index is 371. The van der Waals surface area contributed by atoms with Crippen LogP contribution in [0.4, 0.5) is 4.39 Å². The topological polar surface area (TPSA) is 38.5 Å². The molecule has 0 aromatic heterocycles. The number of nitrogens with two attached hydrogens (primary N) is 1. The lowest BCUT2D eigenvalue weighted by Crippen LogP contribution is -2.33. The number of halogens is 1. The fourth-order valence-corrected chi connectivity index (χ4v) is 1.90. The van der Waals surface area contributed by atoms with Crippen LogP contribution in [0.1, 0.15) is 24.1 Å². The largest absolute Gasteiger partial charge is 0.380 e. The molecule has 102 valence electrons. The summed E-state index contributed by atoms with van der Waals surface area (Å²) in [6.45, 7) is 6.35. The lowest BCUT2D eigenvalue weighted by molar-refractivity contribution is 0.108. The number of ether oxygens (including phenoxy) is 1. The van der Waals surface area contributed by atoms with Gasteiger partial charge in [-0.2, -0.15) is 0 Å². The Kier molecular flexibility index (Phi) is 6.25. The molecule has 0 saturated heterocycles. The molecular formula is C14H23FN2O. The second-order valence-electron chi connectivity index (χ2n) is 4.44. The molecule has 0 bridgehead atoms. The first-order valence-electron chi connectivity index (χ1n) is 6.34. The van der Waals surface area contributed by atoms with E-state index in [9.17, 15) is 4.39 Å². The first kappa shape index (κ1) is 15.1. The summed E-state index contributed by atoms with van der Waals surface area (Å²) < 4.78 is 18.9. The van der Waals surface area contributed by atoms with Gasteiger partial charge in [-0.05, 0) is 38.1 Å². The van der Waals surface area contributed by atoms with Crippen LogP contribution in [0.3, 0.4) is 0 Å². The van der Waals surface area contributed by atoms with Crippen LogP contribution in [-0.2, 0) is 4.74 Å². The van der Waals surface area contributed by atoms with Gasteiger partial charge in [-0.15, -0.1) is 0 Å². The van der Waals surface area contributed by atoms with E-state index in [1.807, 2.05) is 20.0 Å². The average Bonchev–Trinajstić information content (AvgIpc) is 2.35. The fraction of sp³-hybridized carbons (Fsp3) is 0.571. The highest BCUT2D eigenvalue weighted by Crippen LogP contribution is 2.20. The molecule has 1 atom stereocenters. The zero-order valence-corrected chi connectivity index (χ0v) is 11.4. The van der Waals surface area contributed by atoms with Crippen LogP contribution in [0.5, 0.6) is 0 Å². The van der Waals surface area contributed by atoms with Gasteiger partial charge in [0.25, 0.3) is 0 Å². The molecule has 1 aromatic carbocycles. The summed E-state index contributed by atoms with van der Waals surface area (Å²) in [5.41, 5.74) is 7.37. The molecule has 0 fully saturated rings. The second kappa shape index (κ2) is 7.46. The number of nitrogens with zero attached hydrogens (tertiary/aromatic N) is 1. The van der Waals surface area contributed by atoms with Gasteiger partial charge in [0.15, 0.2) is 0 Å². The molecule has 0 amide bonds. The summed E-state index contributed by atoms with van der Waals surface area (Å²) in [4.78, 5) is 2.10. The van der Waals surface area contributed by atoms with Crippen molar-refractivity contribution in [3.63, 3.8) is 0 Å². The molecule has 3 nitrogen and oxygen atoms in total. The lowest BCUT2D eigenvalue weighted by Gasteiger charge is -2.27. The van der Waals surface area contributed by atoms with E-state index in [0.717, 1.165) is 12.1 Å². The number of aryl methyl sites for hydroxylation is 1. The molecule has 4 heteroatoms. The predicted molar refractivity (Wildman–Crippen MR) is 72.1 cm³/mol. The molecule has 0 saturated carbocycles. The van der Waals surface area contributed by atoms with E-state index in [1.165, 1.54) is 0 Å². The molecule has 2 N–H and O–H groups in total. The van der Waals surface area contributed by atoms with Gasteiger partial charge in [-0.3, -0.25) is 4.90 Å². The van der Waals surface area contributed by atoms with E-state index in [0.29, 0.717) is 25.3 Å². The molecule has 0 aliphatic rings. The van der Waals surface area contributed by atoms with Gasteiger partial charge in [0.05, 0.1) is 6.61 Å². The Balaban J connectivity index is 2.72. The maximum atomic E-state index is 13.6. The van der Waals surface area contributed by atoms with E-state index in [-0.39, 0.29) is 11.9 Å². The third-order valence-electron chi connectivity index (χ3n) is 3.13. The lowest BCUT2D eigenvalue weighted by atomic mass is 10.0. The molecule has 0 spiro atoms. The van der Waals surface area contributed by atoms with Gasteiger partial charge in [0.2, 0.25) is 0 Å². The van der Waals surface area contributed by atoms with Crippen LogP contribution in [0.15, 0.2) is 18.2 Å². The Morgan fingerprint density at radius 2 is 2.17 bits per heavy atom. The number of rotatable bonds is 7. The van der Waals surface area contributed by atoms with Crippen LogP contribution in [0.25, 0.3) is 0 Å². The van der Waals surface area contributed by atoms with E-state index >= 15 is 0 Å². The Morgan fingerprint density at radius 1 is 1.44 bits per heavy atom. The smallest absolute Gasteiger partial charge is 0.126 e. The zero-order valence-electron chi connectivity index (χ0n) is 11.4. The standard InChI is InChI=1S/C14H23FN2O/c1-4-18-8-7-17(3)14(10-16)12-6-5-11(2)13(15)9-12/h5-6,9,14H,4,7-8,10,16H2,1-3H3. The summed E-state index contributed by atoms with van der Waals surface area (Å²) in [6, 6.07) is 5.33. The van der Waals surface area contributed by atoms with Gasteiger partial charge >= 0.3 is 0 Å². The second-order valence-corrected chi connectivity index (χ2v) is 4.44. The molecule has 1 unspecified atom stereocenters. The normalized spacial score (nSPS) is 13.0. The van der Waals surface area contributed by atoms with Gasteiger partial charge < -0.3 is 10.5 Å². The summed E-state index contributed by atoms with van der Waals surface area (Å²) >= 11 is 0. The van der Waals surface area contributed by atoms with Crippen LogP contribution >= 0.6 is 0 Å². The highest BCUT2D eigenvalue weighted by atomic mass is 19.1. The highest BCUT2D eigenvalue weighted by molar-refractivity contribution is 5.26. The predicted octanol–water partition coefficient (Wildman–Crippen LogP) is 2.10. The van der Waals surface area contributed by atoms with Crippen LogP contribution in [-0.4, -0.2) is 38.3 Å². The van der Waals surface area contributed by atoms with E-state index < -0.39 is 0 Å². The van der Waals surface area contributed by atoms with E-state index in [2.05, 4.69) is 4.90 Å². The zero-order chi connectivity index (χ0) is 13.5. The monoisotopic (exact) mass is 254 g/mol. The minimum Gasteiger partial charge on any atom is -0.380 e. The molecule has 0 aliphatic carbocycles. The molecule has 18 heavy (non-hydrogen) atoms. The van der Waals surface area contributed by atoms with Crippen LogP contribution in [0.2, 0.25) is 0 Å². The van der Waals surface area contributed by atoms with Crippen molar-refractivity contribution in [2.24, 2.45) is 5.73 Å². The molecule has 0 aliphatic heterocycles. The minimum atomic E-state index is -0.177. The van der Waals surface area contributed by atoms with Crippen molar-refractivity contribution in [1.82, 2.24) is 4.90 Å². The third-order valence-corrected chi connectivity index (χ3v) is 3.13. The van der Waals surface area contributed by atoms with Crippen LogP contribution < -0.4 is 5.73 Å².